The molecule has 0 saturated heterocycles. The van der Waals surface area contributed by atoms with E-state index in [0.717, 1.165) is 0 Å². The lowest BCUT2D eigenvalue weighted by atomic mass is 10.1. The van der Waals surface area contributed by atoms with Crippen LogP contribution in [0.15, 0.2) is 52.6 Å². The number of hydrogen-bond acceptors (Lipinski definition) is 9. The van der Waals surface area contributed by atoms with Crippen LogP contribution in [-0.2, 0) is 9.53 Å². The highest BCUT2D eigenvalue weighted by atomic mass is 32.1. The van der Waals surface area contributed by atoms with Crippen molar-refractivity contribution in [3.05, 3.63) is 63.9 Å². The van der Waals surface area contributed by atoms with E-state index in [9.17, 15) is 14.4 Å². The molecule has 2 heterocycles. The molecule has 0 radical (unpaired) electrons. The van der Waals surface area contributed by atoms with Crippen LogP contribution in [0.3, 0.4) is 0 Å². The van der Waals surface area contributed by atoms with Crippen LogP contribution < -0.4 is 20.3 Å². The van der Waals surface area contributed by atoms with E-state index >= 15 is 0 Å². The molecule has 2 aromatic heterocycles. The van der Waals surface area contributed by atoms with Crippen molar-refractivity contribution in [1.82, 2.24) is 15.2 Å². The van der Waals surface area contributed by atoms with Crippen LogP contribution in [0.5, 0.6) is 11.5 Å². The summed E-state index contributed by atoms with van der Waals surface area (Å²) >= 11 is 1.21. The number of esters is 1. The molecular weight excluding hydrogens is 448 g/mol. The van der Waals surface area contributed by atoms with Crippen molar-refractivity contribution in [3.8, 4) is 22.8 Å². The van der Waals surface area contributed by atoms with Gasteiger partial charge in [0.05, 0.1) is 25.3 Å². The molecule has 1 amide bonds. The van der Waals surface area contributed by atoms with Gasteiger partial charge in [0, 0.05) is 16.3 Å². The molecule has 0 saturated carbocycles. The fourth-order valence-corrected chi connectivity index (χ4v) is 3.82. The molecule has 0 unspecified atom stereocenters. The normalized spacial score (nSPS) is 10.6. The number of methoxy groups -OCH3 is 2. The van der Waals surface area contributed by atoms with Crippen molar-refractivity contribution >= 4 is 39.1 Å². The molecule has 2 N–H and O–H groups in total. The monoisotopic (exact) mass is 466 g/mol. The third kappa shape index (κ3) is 4.67. The lowest BCUT2D eigenvalue weighted by molar-refractivity contribution is -0.119. The number of H-pyrrole nitrogens is 1. The zero-order chi connectivity index (χ0) is 23.4. The van der Waals surface area contributed by atoms with Gasteiger partial charge in [0.1, 0.15) is 11.5 Å². The van der Waals surface area contributed by atoms with Gasteiger partial charge in [0.15, 0.2) is 17.4 Å². The van der Waals surface area contributed by atoms with E-state index in [1.807, 2.05) is 0 Å². The minimum absolute atomic E-state index is 0.0837. The maximum atomic E-state index is 12.4. The molecule has 4 aromatic rings. The number of aromatic amines is 1. The third-order valence-electron chi connectivity index (χ3n) is 4.66. The second-order valence-corrected chi connectivity index (χ2v) is 7.53. The molecule has 2 aromatic carbocycles. The van der Waals surface area contributed by atoms with Crippen LogP contribution in [0, 0.1) is 0 Å². The van der Waals surface area contributed by atoms with Crippen molar-refractivity contribution in [2.24, 2.45) is 0 Å². The average molecular weight is 466 g/mol. The number of ether oxygens (including phenoxy) is 3. The third-order valence-corrected chi connectivity index (χ3v) is 5.41. The number of hydrogen-bond donors (Lipinski definition) is 2. The van der Waals surface area contributed by atoms with Gasteiger partial charge >= 0.3 is 5.97 Å². The molecule has 0 spiro atoms. The maximum Gasteiger partial charge on any atom is 0.359 e. The Hall–Kier alpha value is -4.25. The summed E-state index contributed by atoms with van der Waals surface area (Å²) in [6.07, 6.45) is 0. The Morgan fingerprint density at radius 1 is 1.09 bits per heavy atom. The number of amides is 1. The zero-order valence-electron chi connectivity index (χ0n) is 17.6. The Labute approximate surface area is 191 Å². The second kappa shape index (κ2) is 9.49. The number of benzene rings is 2. The van der Waals surface area contributed by atoms with E-state index < -0.39 is 24.0 Å². The largest absolute Gasteiger partial charge is 0.497 e. The van der Waals surface area contributed by atoms with E-state index in [4.69, 9.17) is 14.2 Å². The van der Waals surface area contributed by atoms with Gasteiger partial charge in [0.25, 0.3) is 11.5 Å². The fraction of sp³-hybridized carbons (Fsp3) is 0.136. The van der Waals surface area contributed by atoms with Gasteiger partial charge in [-0.15, -0.1) is 11.3 Å². The number of thiazole rings is 1. The van der Waals surface area contributed by atoms with Crippen LogP contribution in [-0.4, -0.2) is 47.9 Å². The molecule has 11 heteroatoms. The smallest absolute Gasteiger partial charge is 0.359 e. The fourth-order valence-electron chi connectivity index (χ4n) is 3.09. The van der Waals surface area contributed by atoms with E-state index in [0.29, 0.717) is 38.7 Å². The number of carbonyl (C=O) groups excluding carboxylic acids is 2. The maximum absolute atomic E-state index is 12.4. The molecule has 168 valence electrons. The first-order valence-corrected chi connectivity index (χ1v) is 10.5. The van der Waals surface area contributed by atoms with Crippen LogP contribution in [0.4, 0.5) is 5.13 Å². The highest BCUT2D eigenvalue weighted by Gasteiger charge is 2.18. The quantitative estimate of drug-likeness (QED) is 0.397. The van der Waals surface area contributed by atoms with Gasteiger partial charge in [-0.2, -0.15) is 5.10 Å². The number of fused-ring (bicyclic) bond motifs is 1. The summed E-state index contributed by atoms with van der Waals surface area (Å²) in [4.78, 5) is 41.0. The Bertz CT molecular complexity index is 1400. The number of carbonyl (C=O) groups is 2. The Morgan fingerprint density at radius 3 is 2.64 bits per heavy atom. The molecule has 0 bridgehead atoms. The number of nitrogens with zero attached hydrogens (tertiary/aromatic N) is 2. The summed E-state index contributed by atoms with van der Waals surface area (Å²) < 4.78 is 15.7. The van der Waals surface area contributed by atoms with E-state index in [-0.39, 0.29) is 5.69 Å². The summed E-state index contributed by atoms with van der Waals surface area (Å²) in [6, 6.07) is 11.8. The number of anilines is 1. The van der Waals surface area contributed by atoms with Crippen molar-refractivity contribution in [2.45, 2.75) is 0 Å². The van der Waals surface area contributed by atoms with Gasteiger partial charge in [-0.1, -0.05) is 18.2 Å². The highest BCUT2D eigenvalue weighted by molar-refractivity contribution is 7.14. The number of rotatable bonds is 7. The molecule has 0 aliphatic carbocycles. The molecule has 0 atom stereocenters. The predicted octanol–water partition coefficient (Wildman–Crippen LogP) is 2.86. The van der Waals surface area contributed by atoms with Crippen molar-refractivity contribution in [2.75, 3.05) is 26.1 Å². The van der Waals surface area contributed by atoms with Gasteiger partial charge in [-0.3, -0.25) is 14.9 Å². The first-order valence-electron chi connectivity index (χ1n) is 9.62. The lowest BCUT2D eigenvalue weighted by Crippen LogP contribution is -2.22. The Balaban J connectivity index is 1.43. The Morgan fingerprint density at radius 2 is 1.88 bits per heavy atom. The predicted molar refractivity (Wildman–Crippen MR) is 122 cm³/mol. The van der Waals surface area contributed by atoms with Crippen molar-refractivity contribution < 1.29 is 23.8 Å². The number of aromatic nitrogens is 3. The van der Waals surface area contributed by atoms with Crippen molar-refractivity contribution in [1.29, 1.82) is 0 Å². The molecule has 0 aliphatic heterocycles. The van der Waals surface area contributed by atoms with Crippen LogP contribution in [0.2, 0.25) is 0 Å². The summed E-state index contributed by atoms with van der Waals surface area (Å²) in [5.41, 5.74) is 0.787. The Kier molecular flexibility index (Phi) is 6.31. The molecular formula is C22H18N4O6S. The van der Waals surface area contributed by atoms with Gasteiger partial charge in [0.2, 0.25) is 0 Å². The highest BCUT2D eigenvalue weighted by Crippen LogP contribution is 2.35. The minimum atomic E-state index is -0.835. The van der Waals surface area contributed by atoms with Crippen LogP contribution >= 0.6 is 11.3 Å². The molecule has 0 fully saturated rings. The average Bonchev–Trinajstić information content (AvgIpc) is 3.30. The van der Waals surface area contributed by atoms with Crippen molar-refractivity contribution in [3.63, 3.8) is 0 Å². The van der Waals surface area contributed by atoms with Crippen LogP contribution in [0.1, 0.15) is 10.5 Å². The second-order valence-electron chi connectivity index (χ2n) is 6.68. The summed E-state index contributed by atoms with van der Waals surface area (Å²) in [5.74, 6) is -0.164. The van der Waals surface area contributed by atoms with Gasteiger partial charge in [-0.25, -0.2) is 14.9 Å². The molecule has 33 heavy (non-hydrogen) atoms. The standard InChI is InChI=1S/C22H18N4O6S/c1-30-12-7-8-17(31-2)15(9-12)16-11-33-22(23-16)24-18(27)10-32-21(29)19-13-5-3-4-6-14(13)20(28)26-25-19/h3-9,11H,10H2,1-2H3,(H,26,28)(H,23,24,27). The van der Waals surface area contributed by atoms with Gasteiger partial charge < -0.3 is 14.2 Å². The van der Waals surface area contributed by atoms with E-state index in [2.05, 4.69) is 20.5 Å². The summed E-state index contributed by atoms with van der Waals surface area (Å²) in [7, 11) is 3.11. The minimum Gasteiger partial charge on any atom is -0.497 e. The number of nitrogens with one attached hydrogen (secondary N) is 2. The zero-order valence-corrected chi connectivity index (χ0v) is 18.4. The summed E-state index contributed by atoms with van der Waals surface area (Å²) in [5, 5.41) is 11.3. The van der Waals surface area contributed by atoms with E-state index in [1.165, 1.54) is 11.3 Å². The topological polar surface area (TPSA) is 132 Å². The first kappa shape index (κ1) is 22.0. The molecule has 0 aliphatic rings. The molecule has 4 rings (SSSR count). The summed E-state index contributed by atoms with van der Waals surface area (Å²) in [6.45, 7) is -0.550. The SMILES string of the molecule is COc1ccc(OC)c(-c2csc(NC(=O)COC(=O)c3n[nH]c(=O)c4ccccc34)n2)c1. The first-order chi connectivity index (χ1) is 16.0. The van der Waals surface area contributed by atoms with Gasteiger partial charge in [-0.05, 0) is 24.3 Å². The molecule has 10 nitrogen and oxygen atoms in total. The van der Waals surface area contributed by atoms with E-state index in [1.54, 1.807) is 62.1 Å². The lowest BCUT2D eigenvalue weighted by Gasteiger charge is -2.08. The van der Waals surface area contributed by atoms with Crippen LogP contribution in [0.25, 0.3) is 22.0 Å².